The van der Waals surface area contributed by atoms with Crippen molar-refractivity contribution in [3.8, 4) is 0 Å². The molecule has 0 spiro atoms. The standard InChI is InChI=1S/C42H69NO7/c1-6-8-10-12-14-16-18-20-21-23-24-26-28-30-32-40(44)49-37-38(36-48-35-34-39(42(46)47)43(3,4)5)50-41(45)33-31-29-27-25-22-19-17-15-13-11-9-7-2/h8-11,14-17,20-22,25,38-39H,6-7,12-13,18-19,23-24,26-37H2,1-5H3/p+1/b10-8+,11-9+,16-14+,17-15+,21-20+,25-22+. The minimum absolute atomic E-state index is 0.0339. The van der Waals surface area contributed by atoms with E-state index in [1.165, 1.54) is 0 Å². The van der Waals surface area contributed by atoms with Crippen LogP contribution in [0.1, 0.15) is 123 Å². The predicted molar refractivity (Wildman–Crippen MR) is 206 cm³/mol. The minimum atomic E-state index is -0.889. The Morgan fingerprint density at radius 1 is 0.600 bits per heavy atom. The summed E-state index contributed by atoms with van der Waals surface area (Å²) in [6, 6.07) is -0.627. The molecule has 0 rings (SSSR count). The third-order valence-corrected chi connectivity index (χ3v) is 7.85. The molecule has 0 saturated carbocycles. The molecule has 0 fully saturated rings. The molecule has 0 saturated heterocycles. The molecule has 0 heterocycles. The molecule has 0 aliphatic carbocycles. The number of ether oxygens (including phenoxy) is 3. The van der Waals surface area contributed by atoms with Gasteiger partial charge in [0.15, 0.2) is 12.1 Å². The first-order valence-corrected chi connectivity index (χ1v) is 19.0. The molecular weight excluding hydrogens is 630 g/mol. The van der Waals surface area contributed by atoms with Crippen LogP contribution in [0.3, 0.4) is 0 Å². The number of rotatable bonds is 32. The Morgan fingerprint density at radius 2 is 1.06 bits per heavy atom. The largest absolute Gasteiger partial charge is 0.477 e. The Morgan fingerprint density at radius 3 is 1.58 bits per heavy atom. The summed E-state index contributed by atoms with van der Waals surface area (Å²) >= 11 is 0. The first-order valence-electron chi connectivity index (χ1n) is 19.0. The van der Waals surface area contributed by atoms with Crippen molar-refractivity contribution in [2.24, 2.45) is 0 Å². The van der Waals surface area contributed by atoms with Gasteiger partial charge in [0.25, 0.3) is 0 Å². The molecule has 0 aliphatic rings. The van der Waals surface area contributed by atoms with Crippen LogP contribution < -0.4 is 0 Å². The number of hydrogen-bond acceptors (Lipinski definition) is 6. The van der Waals surface area contributed by atoms with Crippen molar-refractivity contribution >= 4 is 17.9 Å². The summed E-state index contributed by atoms with van der Waals surface area (Å²) < 4.78 is 17.1. The molecule has 0 aromatic heterocycles. The Labute approximate surface area is 304 Å². The highest BCUT2D eigenvalue weighted by molar-refractivity contribution is 5.72. The van der Waals surface area contributed by atoms with Gasteiger partial charge in [0, 0.05) is 19.3 Å². The number of unbranched alkanes of at least 4 members (excludes halogenated alkanes) is 6. The summed E-state index contributed by atoms with van der Waals surface area (Å²) in [7, 11) is 5.48. The fraction of sp³-hybridized carbons (Fsp3) is 0.643. The summed E-state index contributed by atoms with van der Waals surface area (Å²) in [5.41, 5.74) is 0. The van der Waals surface area contributed by atoms with Crippen LogP contribution in [-0.2, 0) is 28.6 Å². The van der Waals surface area contributed by atoms with Crippen LogP contribution in [0.25, 0.3) is 0 Å². The molecular formula is C42H70NO7+. The Balaban J connectivity index is 4.53. The van der Waals surface area contributed by atoms with Crippen molar-refractivity contribution in [3.05, 3.63) is 72.9 Å². The highest BCUT2D eigenvalue weighted by atomic mass is 16.6. The van der Waals surface area contributed by atoms with Crippen molar-refractivity contribution in [2.75, 3.05) is 41.0 Å². The van der Waals surface area contributed by atoms with Gasteiger partial charge >= 0.3 is 17.9 Å². The predicted octanol–water partition coefficient (Wildman–Crippen LogP) is 9.63. The second-order valence-electron chi connectivity index (χ2n) is 13.4. The molecule has 1 N–H and O–H groups in total. The van der Waals surface area contributed by atoms with Crippen molar-refractivity contribution in [1.82, 2.24) is 0 Å². The lowest BCUT2D eigenvalue weighted by Crippen LogP contribution is -2.50. The van der Waals surface area contributed by atoms with E-state index in [2.05, 4.69) is 86.8 Å². The maximum absolute atomic E-state index is 12.6. The number of carbonyl (C=O) groups is 3. The molecule has 2 atom stereocenters. The summed E-state index contributed by atoms with van der Waals surface area (Å²) in [6.07, 6.45) is 39.5. The van der Waals surface area contributed by atoms with E-state index in [4.69, 9.17) is 14.2 Å². The number of hydrogen-bond donors (Lipinski definition) is 1. The maximum Gasteiger partial charge on any atom is 0.362 e. The first kappa shape index (κ1) is 46.8. The van der Waals surface area contributed by atoms with Crippen LogP contribution in [0.2, 0.25) is 0 Å². The third kappa shape index (κ3) is 30.8. The molecule has 0 amide bonds. The van der Waals surface area contributed by atoms with Crippen molar-refractivity contribution in [2.45, 2.75) is 135 Å². The zero-order valence-corrected chi connectivity index (χ0v) is 32.1. The molecule has 0 aliphatic heterocycles. The van der Waals surface area contributed by atoms with Crippen molar-refractivity contribution < 1.29 is 38.2 Å². The van der Waals surface area contributed by atoms with Gasteiger partial charge in [-0.25, -0.2) is 4.79 Å². The topological polar surface area (TPSA) is 99.1 Å². The van der Waals surface area contributed by atoms with Crippen LogP contribution in [0.5, 0.6) is 0 Å². The average Bonchev–Trinajstić information content (AvgIpc) is 3.06. The zero-order chi connectivity index (χ0) is 37.1. The second kappa shape index (κ2) is 32.9. The van der Waals surface area contributed by atoms with Gasteiger partial charge in [-0.3, -0.25) is 9.59 Å². The molecule has 0 aromatic carbocycles. The molecule has 2 unspecified atom stereocenters. The van der Waals surface area contributed by atoms with Gasteiger partial charge in [0.2, 0.25) is 0 Å². The molecule has 284 valence electrons. The fourth-order valence-corrected chi connectivity index (χ4v) is 4.94. The highest BCUT2D eigenvalue weighted by Crippen LogP contribution is 2.11. The Bertz CT molecular complexity index is 1050. The fourth-order valence-electron chi connectivity index (χ4n) is 4.94. The summed E-state index contributed by atoms with van der Waals surface area (Å²) in [4.78, 5) is 36.7. The van der Waals surface area contributed by atoms with E-state index in [9.17, 15) is 19.5 Å². The molecule has 0 radical (unpaired) electrons. The molecule has 0 aromatic rings. The van der Waals surface area contributed by atoms with E-state index in [0.717, 1.165) is 83.5 Å². The maximum atomic E-state index is 12.6. The van der Waals surface area contributed by atoms with Crippen LogP contribution in [0, 0.1) is 0 Å². The number of esters is 2. The Kier molecular flexibility index (Phi) is 30.8. The van der Waals surface area contributed by atoms with Gasteiger partial charge in [0.1, 0.15) is 6.61 Å². The average molecular weight is 701 g/mol. The monoisotopic (exact) mass is 701 g/mol. The van der Waals surface area contributed by atoms with E-state index < -0.39 is 18.1 Å². The molecule has 0 bridgehead atoms. The summed E-state index contributed by atoms with van der Waals surface area (Å²) in [5.74, 6) is -1.56. The smallest absolute Gasteiger partial charge is 0.362 e. The van der Waals surface area contributed by atoms with E-state index >= 15 is 0 Å². The van der Waals surface area contributed by atoms with E-state index in [0.29, 0.717) is 19.3 Å². The van der Waals surface area contributed by atoms with Gasteiger partial charge in [-0.15, -0.1) is 0 Å². The normalized spacial score (nSPS) is 13.9. The van der Waals surface area contributed by atoms with Gasteiger partial charge < -0.3 is 23.8 Å². The van der Waals surface area contributed by atoms with Gasteiger partial charge in [-0.1, -0.05) is 99.6 Å². The lowest BCUT2D eigenvalue weighted by molar-refractivity contribution is -0.887. The second-order valence-corrected chi connectivity index (χ2v) is 13.4. The molecule has 50 heavy (non-hydrogen) atoms. The van der Waals surface area contributed by atoms with Crippen molar-refractivity contribution in [1.29, 1.82) is 0 Å². The van der Waals surface area contributed by atoms with Crippen molar-refractivity contribution in [3.63, 3.8) is 0 Å². The lowest BCUT2D eigenvalue weighted by Gasteiger charge is -2.31. The molecule has 8 nitrogen and oxygen atoms in total. The zero-order valence-electron chi connectivity index (χ0n) is 32.1. The van der Waals surface area contributed by atoms with Crippen LogP contribution in [0.4, 0.5) is 0 Å². The number of allylic oxidation sites excluding steroid dienone is 12. The first-order chi connectivity index (χ1) is 24.1. The summed E-state index contributed by atoms with van der Waals surface area (Å²) in [5, 5.41) is 9.58. The number of nitrogens with zero attached hydrogens (tertiary/aromatic N) is 1. The minimum Gasteiger partial charge on any atom is -0.477 e. The number of likely N-dealkylation sites (N-methyl/N-ethyl adjacent to an activating group) is 1. The summed E-state index contributed by atoms with van der Waals surface area (Å²) in [6.45, 7) is 4.40. The highest BCUT2D eigenvalue weighted by Gasteiger charge is 2.31. The van der Waals surface area contributed by atoms with E-state index in [1.54, 1.807) is 0 Å². The third-order valence-electron chi connectivity index (χ3n) is 7.85. The quantitative estimate of drug-likeness (QED) is 0.0323. The van der Waals surface area contributed by atoms with Gasteiger partial charge in [-0.2, -0.15) is 0 Å². The number of aliphatic carboxylic acids is 1. The van der Waals surface area contributed by atoms with Crippen LogP contribution in [-0.4, -0.2) is 80.6 Å². The SMILES string of the molecule is CC/C=C/C/C=C/C/C=C/CCCCCCC(=O)OCC(COCCC(C(=O)O)[N+](C)(C)C)OC(=O)CCCC/C=C/C/C=C/C/C=C/CC. The van der Waals surface area contributed by atoms with Crippen LogP contribution >= 0.6 is 0 Å². The van der Waals surface area contributed by atoms with Crippen LogP contribution in [0.15, 0.2) is 72.9 Å². The van der Waals surface area contributed by atoms with Gasteiger partial charge in [-0.05, 0) is 77.0 Å². The number of carbonyl (C=O) groups excluding carboxylic acids is 2. The molecule has 8 heteroatoms. The lowest BCUT2D eigenvalue weighted by atomic mass is 10.1. The van der Waals surface area contributed by atoms with E-state index in [-0.39, 0.29) is 42.7 Å². The Hall–Kier alpha value is -3.23. The number of carboxylic acid groups (broad SMARTS) is 1. The van der Waals surface area contributed by atoms with Gasteiger partial charge in [0.05, 0.1) is 34.4 Å². The number of carboxylic acids is 1. The number of quaternary nitrogens is 1. The van der Waals surface area contributed by atoms with E-state index in [1.807, 2.05) is 21.1 Å².